The fourth-order valence-electron chi connectivity index (χ4n) is 2.94. The van der Waals surface area contributed by atoms with E-state index in [0.29, 0.717) is 19.0 Å². The third kappa shape index (κ3) is 5.26. The molecule has 1 unspecified atom stereocenters. The topological polar surface area (TPSA) is 77.8 Å². The SMILES string of the molecule is CC(=O)NCC1CCN(C(=O)NCC(c2ccco2)N(C)C)CC1. The molecular formula is C17H28N4O3. The molecule has 2 rings (SSSR count). The molecule has 1 fully saturated rings. The molecule has 2 N–H and O–H groups in total. The van der Waals surface area contributed by atoms with Crippen LogP contribution in [0.3, 0.4) is 0 Å². The predicted molar refractivity (Wildman–Crippen MR) is 91.5 cm³/mol. The second-order valence-electron chi connectivity index (χ2n) is 6.55. The van der Waals surface area contributed by atoms with Gasteiger partial charge in [0, 0.05) is 33.1 Å². The smallest absolute Gasteiger partial charge is 0.317 e. The highest BCUT2D eigenvalue weighted by Crippen LogP contribution is 2.19. The molecule has 1 atom stereocenters. The maximum absolute atomic E-state index is 12.4. The van der Waals surface area contributed by atoms with Crippen molar-refractivity contribution in [2.75, 3.05) is 40.3 Å². The van der Waals surface area contributed by atoms with Gasteiger partial charge < -0.3 is 20.0 Å². The number of carbonyl (C=O) groups is 2. The van der Waals surface area contributed by atoms with Crippen molar-refractivity contribution >= 4 is 11.9 Å². The summed E-state index contributed by atoms with van der Waals surface area (Å²) in [5.74, 6) is 1.30. The Morgan fingerprint density at radius 1 is 1.33 bits per heavy atom. The molecule has 0 aliphatic carbocycles. The zero-order chi connectivity index (χ0) is 17.5. The van der Waals surface area contributed by atoms with Crippen LogP contribution in [0.5, 0.6) is 0 Å². The lowest BCUT2D eigenvalue weighted by Crippen LogP contribution is -2.47. The summed E-state index contributed by atoms with van der Waals surface area (Å²) in [6.07, 6.45) is 3.49. The molecule has 0 aromatic carbocycles. The van der Waals surface area contributed by atoms with Crippen LogP contribution in [0.15, 0.2) is 22.8 Å². The molecule has 0 radical (unpaired) electrons. The number of likely N-dealkylation sites (N-methyl/N-ethyl adjacent to an activating group) is 1. The molecule has 1 aliphatic heterocycles. The van der Waals surface area contributed by atoms with Crippen LogP contribution < -0.4 is 10.6 Å². The molecule has 7 heteroatoms. The molecule has 24 heavy (non-hydrogen) atoms. The number of urea groups is 1. The van der Waals surface area contributed by atoms with E-state index >= 15 is 0 Å². The monoisotopic (exact) mass is 336 g/mol. The summed E-state index contributed by atoms with van der Waals surface area (Å²) in [6.45, 7) is 4.19. The number of hydrogen-bond donors (Lipinski definition) is 2. The molecule has 1 saturated heterocycles. The van der Waals surface area contributed by atoms with Gasteiger partial charge in [-0.3, -0.25) is 9.69 Å². The van der Waals surface area contributed by atoms with Crippen molar-refractivity contribution in [3.05, 3.63) is 24.2 Å². The Balaban J connectivity index is 1.76. The fourth-order valence-corrected chi connectivity index (χ4v) is 2.94. The zero-order valence-corrected chi connectivity index (χ0v) is 14.7. The van der Waals surface area contributed by atoms with Crippen molar-refractivity contribution in [2.45, 2.75) is 25.8 Å². The normalized spacial score (nSPS) is 16.9. The van der Waals surface area contributed by atoms with Gasteiger partial charge >= 0.3 is 6.03 Å². The van der Waals surface area contributed by atoms with Crippen molar-refractivity contribution in [2.24, 2.45) is 5.92 Å². The number of hydrogen-bond acceptors (Lipinski definition) is 4. The first-order chi connectivity index (χ1) is 11.5. The largest absolute Gasteiger partial charge is 0.468 e. The van der Waals surface area contributed by atoms with Gasteiger partial charge in [0.05, 0.1) is 12.3 Å². The minimum Gasteiger partial charge on any atom is -0.468 e. The predicted octanol–water partition coefficient (Wildman–Crippen LogP) is 1.44. The van der Waals surface area contributed by atoms with Crippen LogP contribution in [0.4, 0.5) is 4.79 Å². The summed E-state index contributed by atoms with van der Waals surface area (Å²) in [5, 5.41) is 5.86. The fraction of sp³-hybridized carbons (Fsp3) is 0.647. The molecule has 1 aromatic rings. The van der Waals surface area contributed by atoms with Gasteiger partial charge in [0.2, 0.25) is 5.91 Å². The number of likely N-dealkylation sites (tertiary alicyclic amines) is 1. The number of furan rings is 1. The van der Waals surface area contributed by atoms with Crippen LogP contribution in [0.1, 0.15) is 31.6 Å². The highest BCUT2D eigenvalue weighted by molar-refractivity contribution is 5.74. The number of rotatable bonds is 6. The molecule has 7 nitrogen and oxygen atoms in total. The van der Waals surface area contributed by atoms with Crippen molar-refractivity contribution < 1.29 is 14.0 Å². The minimum atomic E-state index is -0.0358. The molecule has 0 saturated carbocycles. The average molecular weight is 336 g/mol. The Morgan fingerprint density at radius 3 is 2.58 bits per heavy atom. The Hall–Kier alpha value is -2.02. The Morgan fingerprint density at radius 2 is 2.04 bits per heavy atom. The first kappa shape index (κ1) is 18.3. The highest BCUT2D eigenvalue weighted by Gasteiger charge is 2.24. The molecule has 0 bridgehead atoms. The van der Waals surface area contributed by atoms with E-state index in [4.69, 9.17) is 4.42 Å². The quantitative estimate of drug-likeness (QED) is 0.824. The van der Waals surface area contributed by atoms with E-state index in [0.717, 1.165) is 31.7 Å². The van der Waals surface area contributed by atoms with E-state index in [-0.39, 0.29) is 18.0 Å². The van der Waals surface area contributed by atoms with Gasteiger partial charge in [-0.2, -0.15) is 0 Å². The molecule has 2 heterocycles. The highest BCUT2D eigenvalue weighted by atomic mass is 16.3. The van der Waals surface area contributed by atoms with Crippen molar-refractivity contribution in [1.29, 1.82) is 0 Å². The minimum absolute atomic E-state index is 0.00262. The lowest BCUT2D eigenvalue weighted by Gasteiger charge is -2.32. The van der Waals surface area contributed by atoms with Crippen molar-refractivity contribution in [1.82, 2.24) is 20.4 Å². The van der Waals surface area contributed by atoms with Crippen LogP contribution in [0.2, 0.25) is 0 Å². The van der Waals surface area contributed by atoms with Gasteiger partial charge in [-0.15, -0.1) is 0 Å². The molecular weight excluding hydrogens is 308 g/mol. The van der Waals surface area contributed by atoms with Gasteiger partial charge in [0.15, 0.2) is 0 Å². The van der Waals surface area contributed by atoms with E-state index in [1.807, 2.05) is 36.0 Å². The van der Waals surface area contributed by atoms with E-state index in [9.17, 15) is 9.59 Å². The summed E-state index contributed by atoms with van der Waals surface area (Å²) < 4.78 is 5.45. The van der Waals surface area contributed by atoms with Crippen LogP contribution >= 0.6 is 0 Å². The molecule has 134 valence electrons. The van der Waals surface area contributed by atoms with Crippen LogP contribution in [-0.2, 0) is 4.79 Å². The van der Waals surface area contributed by atoms with Gasteiger partial charge in [0.25, 0.3) is 0 Å². The van der Waals surface area contributed by atoms with Crippen LogP contribution in [0.25, 0.3) is 0 Å². The lowest BCUT2D eigenvalue weighted by molar-refractivity contribution is -0.119. The second-order valence-corrected chi connectivity index (χ2v) is 6.55. The van der Waals surface area contributed by atoms with E-state index < -0.39 is 0 Å². The average Bonchev–Trinajstić information content (AvgIpc) is 3.07. The maximum atomic E-state index is 12.4. The van der Waals surface area contributed by atoms with Gasteiger partial charge in [0.1, 0.15) is 5.76 Å². The summed E-state index contributed by atoms with van der Waals surface area (Å²) in [5.41, 5.74) is 0. The van der Waals surface area contributed by atoms with E-state index in [1.165, 1.54) is 6.92 Å². The molecule has 1 aliphatic rings. The first-order valence-electron chi connectivity index (χ1n) is 8.44. The maximum Gasteiger partial charge on any atom is 0.317 e. The third-order valence-corrected chi connectivity index (χ3v) is 4.48. The second kappa shape index (κ2) is 8.73. The third-order valence-electron chi connectivity index (χ3n) is 4.48. The van der Waals surface area contributed by atoms with Crippen molar-refractivity contribution in [3.63, 3.8) is 0 Å². The zero-order valence-electron chi connectivity index (χ0n) is 14.7. The number of nitrogens with one attached hydrogen (secondary N) is 2. The molecule has 1 aromatic heterocycles. The number of piperidine rings is 1. The van der Waals surface area contributed by atoms with Gasteiger partial charge in [-0.05, 0) is 45.0 Å². The molecule has 3 amide bonds. The summed E-state index contributed by atoms with van der Waals surface area (Å²) >= 11 is 0. The van der Waals surface area contributed by atoms with Crippen LogP contribution in [-0.4, -0.2) is 62.0 Å². The Bertz CT molecular complexity index is 522. The number of amides is 3. The standard InChI is InChI=1S/C17H28N4O3/c1-13(22)18-11-14-6-8-21(9-7-14)17(23)19-12-15(20(2)3)16-5-4-10-24-16/h4-5,10,14-15H,6-9,11-12H2,1-3H3,(H,18,22)(H,19,23). The lowest BCUT2D eigenvalue weighted by atomic mass is 9.97. The summed E-state index contributed by atoms with van der Waals surface area (Å²) in [7, 11) is 3.93. The summed E-state index contributed by atoms with van der Waals surface area (Å²) in [6, 6.07) is 3.75. The van der Waals surface area contributed by atoms with E-state index in [1.54, 1.807) is 6.26 Å². The van der Waals surface area contributed by atoms with Crippen LogP contribution in [0, 0.1) is 5.92 Å². The number of carbonyl (C=O) groups excluding carboxylic acids is 2. The Labute approximate surface area is 143 Å². The molecule has 0 spiro atoms. The first-order valence-corrected chi connectivity index (χ1v) is 8.44. The van der Waals surface area contributed by atoms with Gasteiger partial charge in [-0.25, -0.2) is 4.79 Å². The summed E-state index contributed by atoms with van der Waals surface area (Å²) in [4.78, 5) is 27.2. The Kier molecular flexibility index (Phi) is 6.66. The number of nitrogens with zero attached hydrogens (tertiary/aromatic N) is 2. The van der Waals surface area contributed by atoms with Crippen molar-refractivity contribution in [3.8, 4) is 0 Å². The van der Waals surface area contributed by atoms with Gasteiger partial charge in [-0.1, -0.05) is 0 Å². The van der Waals surface area contributed by atoms with E-state index in [2.05, 4.69) is 10.6 Å².